The van der Waals surface area contributed by atoms with E-state index in [0.29, 0.717) is 34.1 Å². The number of nitrogens with zero attached hydrogens (tertiary/aromatic N) is 1. The summed E-state index contributed by atoms with van der Waals surface area (Å²) in [6, 6.07) is 19.4. The Labute approximate surface area is 192 Å². The maximum absolute atomic E-state index is 13.7. The largest absolute Gasteiger partial charge is 0.497 e. The zero-order valence-corrected chi connectivity index (χ0v) is 19.0. The number of rotatable bonds is 6. The number of hydrogen-bond donors (Lipinski definition) is 1. The van der Waals surface area contributed by atoms with Crippen molar-refractivity contribution in [2.75, 3.05) is 33.7 Å². The van der Waals surface area contributed by atoms with Gasteiger partial charge >= 0.3 is 0 Å². The molecule has 0 radical (unpaired) electrons. The number of carbonyl (C=O) groups is 2. The van der Waals surface area contributed by atoms with Crippen molar-refractivity contribution >= 4 is 17.5 Å². The van der Waals surface area contributed by atoms with Gasteiger partial charge in [-0.3, -0.25) is 9.59 Å². The van der Waals surface area contributed by atoms with Crippen molar-refractivity contribution < 1.29 is 23.8 Å². The lowest BCUT2D eigenvalue weighted by atomic mass is 9.79. The van der Waals surface area contributed by atoms with E-state index in [1.54, 1.807) is 57.5 Å². The normalized spacial score (nSPS) is 17.2. The molecule has 7 heteroatoms. The van der Waals surface area contributed by atoms with Crippen LogP contribution in [-0.2, 0) is 4.79 Å². The summed E-state index contributed by atoms with van der Waals surface area (Å²) < 4.78 is 15.9. The van der Waals surface area contributed by atoms with E-state index in [-0.39, 0.29) is 11.8 Å². The zero-order valence-electron chi connectivity index (χ0n) is 19.0. The van der Waals surface area contributed by atoms with Crippen LogP contribution in [0.15, 0.2) is 66.7 Å². The summed E-state index contributed by atoms with van der Waals surface area (Å²) in [4.78, 5) is 28.5. The van der Waals surface area contributed by atoms with Crippen molar-refractivity contribution in [3.63, 3.8) is 0 Å². The first-order chi connectivity index (χ1) is 16.0. The summed E-state index contributed by atoms with van der Waals surface area (Å²) in [5.41, 5.74) is 2.63. The average molecular weight is 447 g/mol. The van der Waals surface area contributed by atoms with Crippen LogP contribution < -0.4 is 19.5 Å². The number of amides is 2. The topological polar surface area (TPSA) is 77.1 Å². The van der Waals surface area contributed by atoms with Gasteiger partial charge in [0, 0.05) is 24.4 Å². The van der Waals surface area contributed by atoms with Crippen molar-refractivity contribution in [2.24, 2.45) is 0 Å². The van der Waals surface area contributed by atoms with Crippen LogP contribution in [0, 0.1) is 0 Å². The summed E-state index contributed by atoms with van der Waals surface area (Å²) in [6.45, 7) is 0. The predicted molar refractivity (Wildman–Crippen MR) is 125 cm³/mol. The van der Waals surface area contributed by atoms with Crippen LogP contribution in [0.1, 0.15) is 33.4 Å². The number of anilines is 1. The predicted octanol–water partition coefficient (Wildman–Crippen LogP) is 4.26. The molecule has 0 bridgehead atoms. The maximum Gasteiger partial charge on any atom is 0.254 e. The summed E-state index contributed by atoms with van der Waals surface area (Å²) in [5, 5.41) is 3.00. The molecule has 0 saturated carbocycles. The first-order valence-electron chi connectivity index (χ1n) is 10.5. The lowest BCUT2D eigenvalue weighted by Crippen LogP contribution is -2.44. The molecule has 33 heavy (non-hydrogen) atoms. The second-order valence-electron chi connectivity index (χ2n) is 7.76. The Morgan fingerprint density at radius 2 is 1.58 bits per heavy atom. The summed E-state index contributed by atoms with van der Waals surface area (Å²) in [6.07, 6.45) is 0. The zero-order chi connectivity index (χ0) is 23.5. The monoisotopic (exact) mass is 446 g/mol. The molecule has 1 aliphatic heterocycles. The minimum absolute atomic E-state index is 0.124. The number of ether oxygens (including phenoxy) is 3. The Balaban J connectivity index is 1.76. The molecule has 0 spiro atoms. The number of hydrogen-bond acceptors (Lipinski definition) is 5. The molecule has 3 aromatic rings. The number of nitrogens with one attached hydrogen (secondary N) is 1. The van der Waals surface area contributed by atoms with Crippen molar-refractivity contribution in [1.82, 2.24) is 4.90 Å². The molecule has 0 unspecified atom stereocenters. The third kappa shape index (κ3) is 4.09. The van der Waals surface area contributed by atoms with Gasteiger partial charge in [0.15, 0.2) is 11.5 Å². The van der Waals surface area contributed by atoms with Gasteiger partial charge in [-0.25, -0.2) is 0 Å². The Morgan fingerprint density at radius 3 is 2.24 bits per heavy atom. The minimum Gasteiger partial charge on any atom is -0.497 e. The highest BCUT2D eigenvalue weighted by Gasteiger charge is 2.42. The number of carbonyl (C=O) groups excluding carboxylic acids is 2. The van der Waals surface area contributed by atoms with Gasteiger partial charge in [0.1, 0.15) is 5.75 Å². The van der Waals surface area contributed by atoms with E-state index >= 15 is 0 Å². The van der Waals surface area contributed by atoms with E-state index in [9.17, 15) is 9.59 Å². The number of benzene rings is 3. The molecule has 2 atom stereocenters. The van der Waals surface area contributed by atoms with Gasteiger partial charge in [0.2, 0.25) is 5.91 Å². The second kappa shape index (κ2) is 9.24. The van der Waals surface area contributed by atoms with Crippen molar-refractivity contribution in [3.8, 4) is 17.2 Å². The minimum atomic E-state index is -0.620. The molecule has 0 saturated heterocycles. The smallest absolute Gasteiger partial charge is 0.254 e. The average Bonchev–Trinajstić information content (AvgIpc) is 2.86. The van der Waals surface area contributed by atoms with Gasteiger partial charge in [-0.1, -0.05) is 30.3 Å². The van der Waals surface area contributed by atoms with E-state index in [0.717, 1.165) is 5.56 Å². The molecular formula is C26H26N2O5. The van der Waals surface area contributed by atoms with Crippen LogP contribution in [0.4, 0.5) is 5.69 Å². The number of likely N-dealkylation sites (N-methyl/N-ethyl adjacent to an activating group) is 1. The third-order valence-electron chi connectivity index (χ3n) is 5.97. The fourth-order valence-electron chi connectivity index (χ4n) is 4.31. The van der Waals surface area contributed by atoms with Crippen molar-refractivity contribution in [3.05, 3.63) is 83.4 Å². The van der Waals surface area contributed by atoms with Crippen LogP contribution in [0.2, 0.25) is 0 Å². The van der Waals surface area contributed by atoms with Crippen molar-refractivity contribution in [1.29, 1.82) is 0 Å². The summed E-state index contributed by atoms with van der Waals surface area (Å²) >= 11 is 0. The molecule has 3 aromatic carbocycles. The standard InChI is InChI=1S/C26H26N2O5/c1-28-24(16-9-12-18(31-2)13-10-16)23(19-7-5-6-8-20(19)26(28)30)25(29)27-17-11-14-21(32-3)22(15-17)33-4/h5-15,23-24H,1-4H3,(H,27,29)/t23-,24+/m0/s1. The van der Waals surface area contributed by atoms with Gasteiger partial charge < -0.3 is 24.4 Å². The molecule has 1 N–H and O–H groups in total. The molecule has 170 valence electrons. The molecular weight excluding hydrogens is 420 g/mol. The van der Waals surface area contributed by atoms with Crippen LogP contribution in [-0.4, -0.2) is 45.1 Å². The number of fused-ring (bicyclic) bond motifs is 1. The Hall–Kier alpha value is -4.00. The van der Waals surface area contributed by atoms with Crippen LogP contribution in [0.25, 0.3) is 0 Å². The molecule has 4 rings (SSSR count). The fourth-order valence-corrected chi connectivity index (χ4v) is 4.31. The maximum atomic E-state index is 13.7. The SMILES string of the molecule is COc1ccc([C@@H]2[C@@H](C(=O)Nc3ccc(OC)c(OC)c3)c3ccccc3C(=O)N2C)cc1. The molecule has 0 aromatic heterocycles. The fraction of sp³-hybridized carbons (Fsp3) is 0.231. The molecule has 7 nitrogen and oxygen atoms in total. The quantitative estimate of drug-likeness (QED) is 0.612. The van der Waals surface area contributed by atoms with Crippen LogP contribution in [0.3, 0.4) is 0 Å². The lowest BCUT2D eigenvalue weighted by molar-refractivity contribution is -0.119. The van der Waals surface area contributed by atoms with Gasteiger partial charge in [0.25, 0.3) is 5.91 Å². The number of methoxy groups -OCH3 is 3. The molecule has 0 fully saturated rings. The first-order valence-corrected chi connectivity index (χ1v) is 10.5. The molecule has 2 amide bonds. The Kier molecular flexibility index (Phi) is 6.22. The Morgan fingerprint density at radius 1 is 0.879 bits per heavy atom. The van der Waals surface area contributed by atoms with Gasteiger partial charge in [-0.15, -0.1) is 0 Å². The lowest BCUT2D eigenvalue weighted by Gasteiger charge is -2.39. The van der Waals surface area contributed by atoms with E-state index in [1.165, 1.54) is 0 Å². The summed E-state index contributed by atoms with van der Waals surface area (Å²) in [5.74, 6) is 0.815. The highest BCUT2D eigenvalue weighted by atomic mass is 16.5. The van der Waals surface area contributed by atoms with Crippen molar-refractivity contribution in [2.45, 2.75) is 12.0 Å². The van der Waals surface area contributed by atoms with Gasteiger partial charge in [-0.05, 0) is 41.5 Å². The highest BCUT2D eigenvalue weighted by molar-refractivity contribution is 6.04. The van der Waals surface area contributed by atoms with Crippen LogP contribution in [0.5, 0.6) is 17.2 Å². The van der Waals surface area contributed by atoms with Gasteiger partial charge in [0.05, 0.1) is 33.3 Å². The van der Waals surface area contributed by atoms with Gasteiger partial charge in [-0.2, -0.15) is 0 Å². The molecule has 1 aliphatic rings. The van der Waals surface area contributed by atoms with E-state index in [4.69, 9.17) is 14.2 Å². The molecule has 0 aliphatic carbocycles. The molecule has 1 heterocycles. The first kappa shape index (κ1) is 22.2. The van der Waals surface area contributed by atoms with Crippen LogP contribution >= 0.6 is 0 Å². The summed E-state index contributed by atoms with van der Waals surface area (Å²) in [7, 11) is 6.42. The second-order valence-corrected chi connectivity index (χ2v) is 7.76. The Bertz CT molecular complexity index is 1180. The van der Waals surface area contributed by atoms with E-state index in [1.807, 2.05) is 42.5 Å². The van der Waals surface area contributed by atoms with E-state index in [2.05, 4.69) is 5.32 Å². The third-order valence-corrected chi connectivity index (χ3v) is 5.97. The van der Waals surface area contributed by atoms with E-state index < -0.39 is 12.0 Å². The highest BCUT2D eigenvalue weighted by Crippen LogP contribution is 2.43.